The molecule has 8 rings (SSSR count). The van der Waals surface area contributed by atoms with Crippen molar-refractivity contribution < 1.29 is 17.1 Å². The van der Waals surface area contributed by atoms with Gasteiger partial charge in [-0.1, -0.05) is 154 Å². The van der Waals surface area contributed by atoms with Gasteiger partial charge in [0.2, 0.25) is 0 Å². The molecule has 2 aromatic carbocycles. The Kier molecular flexibility index (Phi) is 19.3. The van der Waals surface area contributed by atoms with Gasteiger partial charge in [0.05, 0.1) is 0 Å². The van der Waals surface area contributed by atoms with Crippen LogP contribution < -0.4 is 0 Å². The Labute approximate surface area is 365 Å². The Morgan fingerprint density at radius 2 is 0.684 bits per heavy atom. The molecule has 0 amide bonds. The zero-order chi connectivity index (χ0) is 38.7. The first-order valence-corrected chi connectivity index (χ1v) is 26.0. The molecule has 0 aromatic heterocycles. The summed E-state index contributed by atoms with van der Waals surface area (Å²) in [7, 11) is 8.89. The van der Waals surface area contributed by atoms with Gasteiger partial charge in [-0.15, -0.1) is 0 Å². The largest absolute Gasteiger partial charge is 0.302 e. The smallest absolute Gasteiger partial charge is 0.0416 e. The zero-order valence-corrected chi connectivity index (χ0v) is 38.9. The van der Waals surface area contributed by atoms with E-state index in [0.717, 1.165) is 22.6 Å². The van der Waals surface area contributed by atoms with E-state index in [1.54, 1.807) is 23.2 Å². The van der Waals surface area contributed by atoms with E-state index in [1.807, 2.05) is 0 Å². The van der Waals surface area contributed by atoms with Crippen molar-refractivity contribution >= 4 is 15.8 Å². The molecule has 5 heteroatoms. The van der Waals surface area contributed by atoms with Crippen LogP contribution in [0, 0.1) is 61.7 Å². The van der Waals surface area contributed by atoms with Gasteiger partial charge in [-0.25, -0.2) is 0 Å². The normalized spacial score (nSPS) is 24.6. The molecule has 0 aliphatic heterocycles. The molecule has 2 unspecified atom stereocenters. The minimum atomic E-state index is -0.0501. The molecule has 57 heavy (non-hydrogen) atoms. The van der Waals surface area contributed by atoms with Gasteiger partial charge in [-0.3, -0.25) is 0 Å². The van der Waals surface area contributed by atoms with Crippen LogP contribution >= 0.6 is 15.8 Å². The Hall–Kier alpha value is -0.261. The second-order valence-electron chi connectivity index (χ2n) is 18.3. The summed E-state index contributed by atoms with van der Waals surface area (Å²) in [6.45, 7) is 0. The first-order chi connectivity index (χ1) is 27.5. The third-order valence-electron chi connectivity index (χ3n) is 13.9. The third-order valence-corrected chi connectivity index (χ3v) is 21.1. The van der Waals surface area contributed by atoms with Crippen LogP contribution in [0.25, 0.3) is 0 Å². The Morgan fingerprint density at radius 3 is 0.947 bits per heavy atom. The SMILES string of the molecule is CN(C)C([C]1[CH][CH][CH][C]1P(C1CCCCC1)C1CCCCC1)c1ccccc1.CN(C)C([C]1[CH][CH][CH][C]1P(C1CCCCC1)C1CCCCC1)c1ccccc1.[Fe]. The van der Waals surface area contributed by atoms with E-state index in [9.17, 15) is 0 Å². The monoisotopic (exact) mass is 844 g/mol. The minimum Gasteiger partial charge on any atom is -0.302 e. The van der Waals surface area contributed by atoms with Crippen LogP contribution in [0.5, 0.6) is 0 Å². The zero-order valence-electron chi connectivity index (χ0n) is 36.0. The van der Waals surface area contributed by atoms with Gasteiger partial charge in [0.25, 0.3) is 0 Å². The van der Waals surface area contributed by atoms with Crippen LogP contribution in [0.15, 0.2) is 60.7 Å². The summed E-state index contributed by atoms with van der Waals surface area (Å²) in [5.74, 6) is 3.19. The molecule has 0 saturated heterocycles. The second-order valence-corrected chi connectivity index (χ2v) is 23.8. The van der Waals surface area contributed by atoms with Gasteiger partial charge in [0, 0.05) is 52.3 Å². The number of benzene rings is 2. The Bertz CT molecular complexity index is 1220. The molecular formula is C52H74FeN2P2. The molecule has 10 radical (unpaired) electrons. The van der Waals surface area contributed by atoms with E-state index in [-0.39, 0.29) is 32.9 Å². The van der Waals surface area contributed by atoms with Crippen molar-refractivity contribution in [2.24, 2.45) is 0 Å². The van der Waals surface area contributed by atoms with Crippen molar-refractivity contribution in [3.63, 3.8) is 0 Å². The van der Waals surface area contributed by atoms with Crippen LogP contribution in [0.1, 0.15) is 152 Å². The summed E-state index contributed by atoms with van der Waals surface area (Å²) in [5.41, 5.74) is 10.2. The first kappa shape index (κ1) is 46.2. The molecule has 6 fully saturated rings. The Balaban J connectivity index is 0.000000189. The van der Waals surface area contributed by atoms with Gasteiger partial charge in [0.1, 0.15) is 0 Å². The standard InChI is InChI=1S/2C26H37NP.Fe/c2*1-27(2)26(21-13-6-3-7-14-21)24-19-12-20-25(24)28(22-15-8-4-9-16-22)23-17-10-5-11-18-23;/h2*3,6-7,12-14,19-20,22-23,26H,4-5,8-11,15-18H2,1-2H3;. The molecule has 2 aromatic rings. The summed E-state index contributed by atoms with van der Waals surface area (Å²) in [5, 5.41) is 0. The summed E-state index contributed by atoms with van der Waals surface area (Å²) in [6.07, 6.45) is 44.0. The van der Waals surface area contributed by atoms with E-state index >= 15 is 0 Å². The average molecular weight is 845 g/mol. The molecule has 0 bridgehead atoms. The fraction of sp³-hybridized carbons (Fsp3) is 0.577. The van der Waals surface area contributed by atoms with E-state index in [1.165, 1.54) is 140 Å². The van der Waals surface area contributed by atoms with Crippen LogP contribution in [-0.2, 0) is 17.1 Å². The minimum absolute atomic E-state index is 0. The van der Waals surface area contributed by atoms with Crippen LogP contribution in [-0.4, -0.2) is 60.6 Å². The Morgan fingerprint density at radius 1 is 0.404 bits per heavy atom. The summed E-state index contributed by atoms with van der Waals surface area (Å²) < 4.78 is 0. The predicted octanol–water partition coefficient (Wildman–Crippen LogP) is 14.3. The fourth-order valence-electron chi connectivity index (χ4n) is 11.4. The number of hydrogen-bond acceptors (Lipinski definition) is 2. The van der Waals surface area contributed by atoms with Gasteiger partial charge in [-0.2, -0.15) is 0 Å². The maximum absolute atomic E-state index is 2.52. The first-order valence-electron chi connectivity index (χ1n) is 23.0. The van der Waals surface area contributed by atoms with Crippen LogP contribution in [0.3, 0.4) is 0 Å². The fourth-order valence-corrected chi connectivity index (χ4v) is 19.3. The van der Waals surface area contributed by atoms with E-state index in [4.69, 9.17) is 0 Å². The van der Waals surface area contributed by atoms with Gasteiger partial charge in [-0.05, 0) is 152 Å². The molecule has 6 saturated carbocycles. The van der Waals surface area contributed by atoms with Crippen molar-refractivity contribution in [3.8, 4) is 0 Å². The maximum atomic E-state index is 2.52. The summed E-state index contributed by atoms with van der Waals surface area (Å²) in [4.78, 5) is 4.84. The molecule has 0 spiro atoms. The van der Waals surface area contributed by atoms with Gasteiger partial charge < -0.3 is 9.80 Å². The maximum Gasteiger partial charge on any atom is 0.0416 e. The number of rotatable bonds is 12. The van der Waals surface area contributed by atoms with Gasteiger partial charge in [0.15, 0.2) is 0 Å². The molecule has 6 aliphatic rings. The number of nitrogens with zero attached hydrogens (tertiary/aromatic N) is 2. The second kappa shape index (κ2) is 23.8. The third kappa shape index (κ3) is 12.0. The van der Waals surface area contributed by atoms with Crippen LogP contribution in [0.2, 0.25) is 0 Å². The topological polar surface area (TPSA) is 6.48 Å². The molecule has 2 atom stereocenters. The van der Waals surface area contributed by atoms with Crippen molar-refractivity contribution in [2.45, 2.75) is 163 Å². The summed E-state index contributed by atoms with van der Waals surface area (Å²) >= 11 is 0. The molecule has 0 N–H and O–H groups in total. The van der Waals surface area contributed by atoms with E-state index < -0.39 is 0 Å². The molecule has 310 valence electrons. The molecule has 0 heterocycles. The van der Waals surface area contributed by atoms with Crippen molar-refractivity contribution in [2.75, 3.05) is 28.2 Å². The van der Waals surface area contributed by atoms with Crippen molar-refractivity contribution in [1.82, 2.24) is 9.80 Å². The molecule has 2 nitrogen and oxygen atoms in total. The van der Waals surface area contributed by atoms with E-state index in [2.05, 4.69) is 137 Å². The van der Waals surface area contributed by atoms with Crippen molar-refractivity contribution in [1.29, 1.82) is 0 Å². The molecular weight excluding hydrogens is 770 g/mol. The molecule has 6 aliphatic carbocycles. The summed E-state index contributed by atoms with van der Waals surface area (Å²) in [6, 6.07) is 23.0. The van der Waals surface area contributed by atoms with Crippen LogP contribution in [0.4, 0.5) is 0 Å². The van der Waals surface area contributed by atoms with Gasteiger partial charge >= 0.3 is 0 Å². The predicted molar refractivity (Wildman–Crippen MR) is 246 cm³/mol. The quantitative estimate of drug-likeness (QED) is 0.155. The number of hydrogen-bond donors (Lipinski definition) is 0. The average Bonchev–Trinajstić information content (AvgIpc) is 3.91. The van der Waals surface area contributed by atoms with E-state index in [0.29, 0.717) is 12.1 Å². The van der Waals surface area contributed by atoms with Crippen molar-refractivity contribution in [3.05, 3.63) is 133 Å².